The Morgan fingerprint density at radius 1 is 1.00 bits per heavy atom. The molecule has 0 saturated carbocycles. The van der Waals surface area contributed by atoms with Gasteiger partial charge in [-0.25, -0.2) is 0 Å². The quantitative estimate of drug-likeness (QED) is 0.294. The molecule has 0 bridgehead atoms. The number of nitrogens with one attached hydrogen (secondary N) is 1. The van der Waals surface area contributed by atoms with Crippen molar-refractivity contribution in [2.75, 3.05) is 12.4 Å². The second-order valence-electron chi connectivity index (χ2n) is 5.36. The van der Waals surface area contributed by atoms with Crippen molar-refractivity contribution in [3.05, 3.63) is 54.1 Å². The van der Waals surface area contributed by atoms with Gasteiger partial charge in [0.25, 0.3) is 10.1 Å². The molecule has 0 spiro atoms. The molecule has 2 aromatic rings. The number of ether oxygens (including phenoxy) is 1. The normalized spacial score (nSPS) is 11.2. The molecule has 0 radical (unpaired) electrons. The van der Waals surface area contributed by atoms with E-state index < -0.39 is 10.1 Å². The molecule has 128 valence electrons. The van der Waals surface area contributed by atoms with Crippen molar-refractivity contribution in [1.82, 2.24) is 0 Å². The van der Waals surface area contributed by atoms with Crippen LogP contribution in [0.5, 0.6) is 5.75 Å². The second kappa shape index (κ2) is 7.94. The van der Waals surface area contributed by atoms with Gasteiger partial charge in [0.1, 0.15) is 11.6 Å². The van der Waals surface area contributed by atoms with Gasteiger partial charge in [-0.05, 0) is 36.1 Å². The minimum absolute atomic E-state index is 0.0410. The van der Waals surface area contributed by atoms with Gasteiger partial charge in [-0.15, -0.1) is 0 Å². The Morgan fingerprint density at radius 2 is 1.54 bits per heavy atom. The monoisotopic (exact) mass is 348 g/mol. The van der Waals surface area contributed by atoms with Crippen LogP contribution in [0, 0.1) is 5.41 Å². The molecular formula is C17H20N2O4S. The van der Waals surface area contributed by atoms with E-state index in [4.69, 9.17) is 20.4 Å². The highest BCUT2D eigenvalue weighted by Gasteiger charge is 2.04. The molecule has 0 aromatic heterocycles. The fraction of sp³-hybridized carbons (Fsp3) is 0.235. The SMILES string of the molecule is N=C(N)c1ccc(-c2ccc(OCCCCS(=O)(=O)O)cc2)cc1. The van der Waals surface area contributed by atoms with E-state index in [0.29, 0.717) is 30.8 Å². The Hall–Kier alpha value is -2.38. The van der Waals surface area contributed by atoms with Crippen LogP contribution in [-0.2, 0) is 10.1 Å². The van der Waals surface area contributed by atoms with Crippen LogP contribution in [0.1, 0.15) is 18.4 Å². The summed E-state index contributed by atoms with van der Waals surface area (Å²) >= 11 is 0. The highest BCUT2D eigenvalue weighted by molar-refractivity contribution is 7.85. The number of benzene rings is 2. The van der Waals surface area contributed by atoms with Gasteiger partial charge in [0, 0.05) is 5.56 Å². The van der Waals surface area contributed by atoms with Crippen molar-refractivity contribution in [3.8, 4) is 16.9 Å². The van der Waals surface area contributed by atoms with Crippen molar-refractivity contribution in [2.24, 2.45) is 5.73 Å². The zero-order chi connectivity index (χ0) is 17.6. The Morgan fingerprint density at radius 3 is 2.04 bits per heavy atom. The molecule has 4 N–H and O–H groups in total. The number of amidine groups is 1. The molecule has 24 heavy (non-hydrogen) atoms. The summed E-state index contributed by atoms with van der Waals surface area (Å²) in [5.74, 6) is 0.496. The van der Waals surface area contributed by atoms with Crippen LogP contribution >= 0.6 is 0 Å². The molecule has 0 aliphatic carbocycles. The first-order chi connectivity index (χ1) is 11.3. The molecule has 0 aliphatic heterocycles. The topological polar surface area (TPSA) is 113 Å². The zero-order valence-corrected chi connectivity index (χ0v) is 13.9. The first-order valence-electron chi connectivity index (χ1n) is 7.48. The van der Waals surface area contributed by atoms with Crippen LogP contribution in [0.2, 0.25) is 0 Å². The lowest BCUT2D eigenvalue weighted by molar-refractivity contribution is 0.309. The number of hydrogen-bond acceptors (Lipinski definition) is 4. The lowest BCUT2D eigenvalue weighted by Crippen LogP contribution is -2.10. The van der Waals surface area contributed by atoms with E-state index in [9.17, 15) is 8.42 Å². The van der Waals surface area contributed by atoms with Crippen LogP contribution in [0.15, 0.2) is 48.5 Å². The number of hydrogen-bond donors (Lipinski definition) is 3. The van der Waals surface area contributed by atoms with Gasteiger partial charge < -0.3 is 10.5 Å². The van der Waals surface area contributed by atoms with E-state index in [1.54, 1.807) is 12.1 Å². The largest absolute Gasteiger partial charge is 0.494 e. The van der Waals surface area contributed by atoms with E-state index in [1.807, 2.05) is 36.4 Å². The maximum Gasteiger partial charge on any atom is 0.264 e. The summed E-state index contributed by atoms with van der Waals surface area (Å²) in [5.41, 5.74) is 8.15. The number of nitrogens with two attached hydrogens (primary N) is 1. The predicted octanol–water partition coefficient (Wildman–Crippen LogP) is 2.68. The van der Waals surface area contributed by atoms with E-state index in [1.165, 1.54) is 0 Å². The number of nitrogen functional groups attached to an aromatic ring is 1. The van der Waals surface area contributed by atoms with E-state index in [2.05, 4.69) is 0 Å². The molecule has 0 unspecified atom stereocenters. The predicted molar refractivity (Wildman–Crippen MR) is 94.0 cm³/mol. The summed E-state index contributed by atoms with van der Waals surface area (Å²) in [4.78, 5) is 0. The third-order valence-corrected chi connectivity index (χ3v) is 4.25. The highest BCUT2D eigenvalue weighted by atomic mass is 32.2. The summed E-state index contributed by atoms with van der Waals surface area (Å²) in [5, 5.41) is 7.38. The van der Waals surface area contributed by atoms with Crippen LogP contribution in [0.4, 0.5) is 0 Å². The van der Waals surface area contributed by atoms with Gasteiger partial charge in [0.15, 0.2) is 0 Å². The van der Waals surface area contributed by atoms with Crippen molar-refractivity contribution in [3.63, 3.8) is 0 Å². The van der Waals surface area contributed by atoms with Crippen LogP contribution in [-0.4, -0.2) is 31.2 Å². The molecule has 2 aromatic carbocycles. The summed E-state index contributed by atoms with van der Waals surface area (Å²) in [7, 11) is -3.89. The Labute approximate surface area is 141 Å². The number of rotatable bonds is 8. The first kappa shape index (κ1) is 18.0. The van der Waals surface area contributed by atoms with Crippen molar-refractivity contribution in [2.45, 2.75) is 12.8 Å². The van der Waals surface area contributed by atoms with Crippen LogP contribution in [0.3, 0.4) is 0 Å². The highest BCUT2D eigenvalue weighted by Crippen LogP contribution is 2.23. The van der Waals surface area contributed by atoms with Crippen molar-refractivity contribution >= 4 is 16.0 Å². The molecule has 0 amide bonds. The van der Waals surface area contributed by atoms with Gasteiger partial charge in [0.05, 0.1) is 12.4 Å². The van der Waals surface area contributed by atoms with Gasteiger partial charge in [-0.1, -0.05) is 36.4 Å². The molecule has 0 atom stereocenters. The molecular weight excluding hydrogens is 328 g/mol. The molecule has 0 saturated heterocycles. The number of unbranched alkanes of at least 4 members (excludes halogenated alkanes) is 1. The van der Waals surface area contributed by atoms with E-state index >= 15 is 0 Å². The second-order valence-corrected chi connectivity index (χ2v) is 6.93. The first-order valence-corrected chi connectivity index (χ1v) is 9.09. The van der Waals surface area contributed by atoms with E-state index in [0.717, 1.165) is 11.1 Å². The van der Waals surface area contributed by atoms with Gasteiger partial charge in [-0.2, -0.15) is 8.42 Å². The minimum atomic E-state index is -3.89. The maximum atomic E-state index is 10.6. The third-order valence-electron chi connectivity index (χ3n) is 3.45. The fourth-order valence-corrected chi connectivity index (χ4v) is 2.73. The van der Waals surface area contributed by atoms with Gasteiger partial charge in [-0.3, -0.25) is 9.96 Å². The van der Waals surface area contributed by atoms with E-state index in [-0.39, 0.29) is 11.6 Å². The molecule has 0 aliphatic rings. The summed E-state index contributed by atoms with van der Waals surface area (Å²) < 4.78 is 35.4. The summed E-state index contributed by atoms with van der Waals surface area (Å²) in [6.07, 6.45) is 0.910. The fourth-order valence-electron chi connectivity index (χ4n) is 2.16. The van der Waals surface area contributed by atoms with Gasteiger partial charge >= 0.3 is 0 Å². The molecule has 0 fully saturated rings. The van der Waals surface area contributed by atoms with Gasteiger partial charge in [0.2, 0.25) is 0 Å². The molecule has 6 nitrogen and oxygen atoms in total. The zero-order valence-electron chi connectivity index (χ0n) is 13.1. The Bertz CT molecular complexity index is 784. The maximum absolute atomic E-state index is 10.6. The Balaban J connectivity index is 1.87. The average molecular weight is 348 g/mol. The Kier molecular flexibility index (Phi) is 5.94. The van der Waals surface area contributed by atoms with Crippen molar-refractivity contribution < 1.29 is 17.7 Å². The summed E-state index contributed by atoms with van der Waals surface area (Å²) in [6.45, 7) is 0.391. The van der Waals surface area contributed by atoms with Crippen molar-refractivity contribution in [1.29, 1.82) is 5.41 Å². The van der Waals surface area contributed by atoms with Crippen LogP contribution < -0.4 is 10.5 Å². The molecule has 2 rings (SSSR count). The minimum Gasteiger partial charge on any atom is -0.494 e. The lowest BCUT2D eigenvalue weighted by Gasteiger charge is -2.08. The molecule has 7 heteroatoms. The standard InChI is InChI=1S/C17H20N2O4S/c18-17(19)15-5-3-13(4-6-15)14-7-9-16(10-8-14)23-11-1-2-12-24(20,21)22/h3-10H,1-2,11-12H2,(H3,18,19)(H,20,21,22). The van der Waals surface area contributed by atoms with Crippen LogP contribution in [0.25, 0.3) is 11.1 Å². The lowest BCUT2D eigenvalue weighted by atomic mass is 10.0. The smallest absolute Gasteiger partial charge is 0.264 e. The summed E-state index contributed by atoms with van der Waals surface area (Å²) in [6, 6.07) is 15.0. The average Bonchev–Trinajstić information content (AvgIpc) is 2.54. The molecule has 0 heterocycles. The third kappa shape index (κ3) is 5.68.